The second-order valence-corrected chi connectivity index (χ2v) is 9.74. The molecular formula is C21H27ClN4O2S. The summed E-state index contributed by atoms with van der Waals surface area (Å²) in [5, 5.41) is 4.47. The lowest BCUT2D eigenvalue weighted by Gasteiger charge is -2.34. The van der Waals surface area contributed by atoms with Crippen LogP contribution in [0.25, 0.3) is 10.6 Å². The molecule has 1 fully saturated rings. The van der Waals surface area contributed by atoms with Crippen LogP contribution in [0.5, 0.6) is 0 Å². The second-order valence-electron chi connectivity index (χ2n) is 8.31. The first-order chi connectivity index (χ1) is 13.6. The fraction of sp³-hybridized carbons (Fsp3) is 0.476. The van der Waals surface area contributed by atoms with Crippen molar-refractivity contribution < 1.29 is 9.59 Å². The molecule has 0 bridgehead atoms. The Balaban J connectivity index is 1.60. The van der Waals surface area contributed by atoms with Crippen molar-refractivity contribution in [2.24, 2.45) is 0 Å². The van der Waals surface area contributed by atoms with Gasteiger partial charge in [0, 0.05) is 42.3 Å². The monoisotopic (exact) mass is 434 g/mol. The molecule has 29 heavy (non-hydrogen) atoms. The van der Waals surface area contributed by atoms with E-state index in [-0.39, 0.29) is 17.4 Å². The lowest BCUT2D eigenvalue weighted by molar-refractivity contribution is -0.124. The van der Waals surface area contributed by atoms with Crippen molar-refractivity contribution in [2.75, 3.05) is 32.7 Å². The molecule has 3 rings (SSSR count). The third-order valence-corrected chi connectivity index (χ3v) is 6.07. The van der Waals surface area contributed by atoms with E-state index in [0.717, 1.165) is 16.3 Å². The molecule has 2 aromatic rings. The first-order valence-electron chi connectivity index (χ1n) is 9.68. The van der Waals surface area contributed by atoms with E-state index in [1.54, 1.807) is 0 Å². The van der Waals surface area contributed by atoms with Crippen molar-refractivity contribution in [3.8, 4) is 10.6 Å². The Morgan fingerprint density at radius 2 is 1.76 bits per heavy atom. The van der Waals surface area contributed by atoms with E-state index in [4.69, 9.17) is 11.6 Å². The summed E-state index contributed by atoms with van der Waals surface area (Å²) in [6, 6.07) is 7.47. The average molecular weight is 435 g/mol. The largest absolute Gasteiger partial charge is 0.350 e. The molecule has 2 amide bonds. The van der Waals surface area contributed by atoms with Crippen LogP contribution in [0.15, 0.2) is 24.3 Å². The molecule has 156 valence electrons. The topological polar surface area (TPSA) is 65.5 Å². The number of benzene rings is 1. The summed E-state index contributed by atoms with van der Waals surface area (Å²) in [6.07, 6.45) is 0. The molecule has 1 N–H and O–H groups in total. The van der Waals surface area contributed by atoms with E-state index in [1.807, 2.05) is 56.9 Å². The zero-order valence-corrected chi connectivity index (χ0v) is 18.9. The fourth-order valence-corrected chi connectivity index (χ4v) is 4.39. The minimum Gasteiger partial charge on any atom is -0.350 e. The summed E-state index contributed by atoms with van der Waals surface area (Å²) in [6.45, 7) is 10.7. The Labute approximate surface area is 180 Å². The maximum Gasteiger partial charge on any atom is 0.265 e. The number of hydrogen-bond donors (Lipinski definition) is 1. The van der Waals surface area contributed by atoms with Gasteiger partial charge < -0.3 is 10.2 Å². The highest BCUT2D eigenvalue weighted by molar-refractivity contribution is 7.17. The molecule has 1 aromatic carbocycles. The second kappa shape index (κ2) is 8.81. The smallest absolute Gasteiger partial charge is 0.265 e. The number of nitrogens with one attached hydrogen (secondary N) is 1. The van der Waals surface area contributed by atoms with Crippen molar-refractivity contribution in [2.45, 2.75) is 33.2 Å². The van der Waals surface area contributed by atoms with Crippen LogP contribution in [0.2, 0.25) is 5.02 Å². The van der Waals surface area contributed by atoms with Crippen LogP contribution in [0.3, 0.4) is 0 Å². The van der Waals surface area contributed by atoms with Gasteiger partial charge >= 0.3 is 0 Å². The van der Waals surface area contributed by atoms with Gasteiger partial charge in [-0.2, -0.15) is 0 Å². The van der Waals surface area contributed by atoms with E-state index >= 15 is 0 Å². The molecule has 1 aliphatic heterocycles. The quantitative estimate of drug-likeness (QED) is 0.800. The maximum atomic E-state index is 13.0. The Morgan fingerprint density at radius 3 is 2.34 bits per heavy atom. The van der Waals surface area contributed by atoms with Crippen molar-refractivity contribution in [3.63, 3.8) is 0 Å². The van der Waals surface area contributed by atoms with Gasteiger partial charge in [-0.3, -0.25) is 14.5 Å². The minimum absolute atomic E-state index is 0.0130. The summed E-state index contributed by atoms with van der Waals surface area (Å²) in [4.78, 5) is 34.3. The molecule has 6 nitrogen and oxygen atoms in total. The fourth-order valence-electron chi connectivity index (χ4n) is 3.22. The van der Waals surface area contributed by atoms with Gasteiger partial charge in [-0.1, -0.05) is 23.7 Å². The summed E-state index contributed by atoms with van der Waals surface area (Å²) in [5.41, 5.74) is 1.47. The minimum atomic E-state index is -0.236. The first kappa shape index (κ1) is 21.7. The molecule has 0 spiro atoms. The van der Waals surface area contributed by atoms with E-state index in [2.05, 4.69) is 15.2 Å². The number of piperazine rings is 1. The van der Waals surface area contributed by atoms with Crippen molar-refractivity contribution >= 4 is 34.8 Å². The van der Waals surface area contributed by atoms with Crippen LogP contribution >= 0.6 is 22.9 Å². The lowest BCUT2D eigenvalue weighted by Crippen LogP contribution is -2.52. The van der Waals surface area contributed by atoms with Crippen LogP contribution in [0.4, 0.5) is 0 Å². The molecule has 0 aliphatic carbocycles. The summed E-state index contributed by atoms with van der Waals surface area (Å²) in [7, 11) is 0. The van der Waals surface area contributed by atoms with E-state index in [1.165, 1.54) is 11.3 Å². The van der Waals surface area contributed by atoms with E-state index in [9.17, 15) is 9.59 Å². The van der Waals surface area contributed by atoms with Gasteiger partial charge in [-0.05, 0) is 39.8 Å². The van der Waals surface area contributed by atoms with Gasteiger partial charge in [-0.25, -0.2) is 4.98 Å². The molecule has 8 heteroatoms. The molecule has 1 saturated heterocycles. The Kier molecular flexibility index (Phi) is 6.61. The third kappa shape index (κ3) is 5.78. The predicted molar refractivity (Wildman–Crippen MR) is 118 cm³/mol. The highest BCUT2D eigenvalue weighted by atomic mass is 35.5. The molecule has 0 unspecified atom stereocenters. The SMILES string of the molecule is Cc1nc(-c2ccc(Cl)cc2)sc1C(=O)N1CCN(CC(=O)NC(C)(C)C)CC1. The number of carbonyl (C=O) groups excluding carboxylic acids is 2. The lowest BCUT2D eigenvalue weighted by atomic mass is 10.1. The maximum absolute atomic E-state index is 13.0. The van der Waals surface area contributed by atoms with Crippen molar-refractivity contribution in [1.82, 2.24) is 20.1 Å². The molecule has 1 aromatic heterocycles. The molecule has 0 radical (unpaired) electrons. The third-order valence-electron chi connectivity index (χ3n) is 4.62. The molecule has 2 heterocycles. The summed E-state index contributed by atoms with van der Waals surface area (Å²) >= 11 is 7.37. The Morgan fingerprint density at radius 1 is 1.14 bits per heavy atom. The number of carbonyl (C=O) groups is 2. The van der Waals surface area contributed by atoms with E-state index < -0.39 is 0 Å². The van der Waals surface area contributed by atoms with Gasteiger partial charge in [0.25, 0.3) is 5.91 Å². The van der Waals surface area contributed by atoms with Gasteiger partial charge in [0.15, 0.2) is 0 Å². The van der Waals surface area contributed by atoms with Crippen LogP contribution in [-0.4, -0.2) is 64.9 Å². The highest BCUT2D eigenvalue weighted by Crippen LogP contribution is 2.29. The number of thiazole rings is 1. The van der Waals surface area contributed by atoms with Gasteiger partial charge in [0.2, 0.25) is 5.91 Å². The van der Waals surface area contributed by atoms with Crippen LogP contribution in [0.1, 0.15) is 36.1 Å². The number of aryl methyl sites for hydroxylation is 1. The summed E-state index contributed by atoms with van der Waals surface area (Å²) < 4.78 is 0. The van der Waals surface area contributed by atoms with Gasteiger partial charge in [0.1, 0.15) is 9.88 Å². The zero-order valence-electron chi connectivity index (χ0n) is 17.3. The number of hydrogen-bond acceptors (Lipinski definition) is 5. The Bertz CT molecular complexity index is 881. The zero-order chi connectivity index (χ0) is 21.2. The molecule has 0 saturated carbocycles. The molecule has 0 atom stereocenters. The first-order valence-corrected chi connectivity index (χ1v) is 10.9. The highest BCUT2D eigenvalue weighted by Gasteiger charge is 2.27. The average Bonchev–Trinajstić information content (AvgIpc) is 3.02. The number of aromatic nitrogens is 1. The molecule has 1 aliphatic rings. The predicted octanol–water partition coefficient (Wildman–Crippen LogP) is 3.44. The van der Waals surface area contributed by atoms with Crippen molar-refractivity contribution in [1.29, 1.82) is 0 Å². The van der Waals surface area contributed by atoms with Crippen LogP contribution in [-0.2, 0) is 4.79 Å². The van der Waals surface area contributed by atoms with Gasteiger partial charge in [-0.15, -0.1) is 11.3 Å². The molecular weight excluding hydrogens is 408 g/mol. The standard InChI is InChI=1S/C21H27ClN4O2S/c1-14-18(29-19(23-14)15-5-7-16(22)8-6-15)20(28)26-11-9-25(10-12-26)13-17(27)24-21(2,3)4/h5-8H,9-13H2,1-4H3,(H,24,27). The number of rotatable bonds is 4. The normalized spacial score (nSPS) is 15.4. The van der Waals surface area contributed by atoms with E-state index in [0.29, 0.717) is 42.6 Å². The summed E-state index contributed by atoms with van der Waals surface area (Å²) in [5.74, 6) is 0.0298. The van der Waals surface area contributed by atoms with Crippen LogP contribution < -0.4 is 5.32 Å². The number of nitrogens with zero attached hydrogens (tertiary/aromatic N) is 3. The van der Waals surface area contributed by atoms with Gasteiger partial charge in [0.05, 0.1) is 12.2 Å². The number of amides is 2. The van der Waals surface area contributed by atoms with Crippen molar-refractivity contribution in [3.05, 3.63) is 39.9 Å². The Hall–Kier alpha value is -1.96. The van der Waals surface area contributed by atoms with Crippen LogP contribution in [0, 0.1) is 6.92 Å². The number of halogens is 1.